The van der Waals surface area contributed by atoms with Gasteiger partial charge in [-0.3, -0.25) is 4.79 Å². The van der Waals surface area contributed by atoms with Crippen molar-refractivity contribution in [1.29, 1.82) is 0 Å². The van der Waals surface area contributed by atoms with E-state index in [-0.39, 0.29) is 18.8 Å². The van der Waals surface area contributed by atoms with Gasteiger partial charge >= 0.3 is 0 Å². The van der Waals surface area contributed by atoms with Crippen LogP contribution in [0.4, 0.5) is 0 Å². The fourth-order valence-corrected chi connectivity index (χ4v) is 2.94. The van der Waals surface area contributed by atoms with Crippen molar-refractivity contribution in [3.63, 3.8) is 0 Å². The fourth-order valence-electron chi connectivity index (χ4n) is 2.94. The van der Waals surface area contributed by atoms with E-state index in [1.807, 2.05) is 30.0 Å². The molecule has 1 atom stereocenters. The molecule has 0 bridgehead atoms. The Balaban J connectivity index is 1.59. The van der Waals surface area contributed by atoms with Gasteiger partial charge in [-0.05, 0) is 43.9 Å². The topological polar surface area (TPSA) is 48.0 Å². The van der Waals surface area contributed by atoms with Crippen molar-refractivity contribution in [2.24, 2.45) is 0 Å². The number of likely N-dealkylation sites (N-methyl/N-ethyl adjacent to an activating group) is 1. The van der Waals surface area contributed by atoms with Gasteiger partial charge in [0, 0.05) is 19.7 Å². The lowest BCUT2D eigenvalue weighted by Crippen LogP contribution is -2.40. The summed E-state index contributed by atoms with van der Waals surface area (Å²) in [5, 5.41) is 0. The molecular weight excluding hydrogens is 282 g/mol. The van der Waals surface area contributed by atoms with Crippen molar-refractivity contribution in [3.8, 4) is 11.5 Å². The molecule has 2 aliphatic rings. The molecule has 1 aromatic carbocycles. The fraction of sp³-hybridized carbons (Fsp3) is 0.588. The Hall–Kier alpha value is -1.75. The molecule has 0 radical (unpaired) electrons. The summed E-state index contributed by atoms with van der Waals surface area (Å²) in [5.74, 6) is 1.61. The summed E-state index contributed by atoms with van der Waals surface area (Å²) in [5.41, 5.74) is 0.956. The second-order valence-electron chi connectivity index (χ2n) is 5.79. The molecule has 1 fully saturated rings. The maximum Gasteiger partial charge on any atom is 0.231 e. The van der Waals surface area contributed by atoms with E-state index in [4.69, 9.17) is 14.2 Å². The van der Waals surface area contributed by atoms with Crippen molar-refractivity contribution in [3.05, 3.63) is 23.8 Å². The van der Waals surface area contributed by atoms with Crippen molar-refractivity contribution in [2.45, 2.75) is 38.7 Å². The van der Waals surface area contributed by atoms with Crippen molar-refractivity contribution < 1.29 is 19.0 Å². The van der Waals surface area contributed by atoms with E-state index in [2.05, 4.69) is 0 Å². The van der Waals surface area contributed by atoms with Crippen molar-refractivity contribution in [2.75, 3.05) is 26.5 Å². The van der Waals surface area contributed by atoms with Crippen LogP contribution in [0.2, 0.25) is 0 Å². The van der Waals surface area contributed by atoms with Gasteiger partial charge in [-0.1, -0.05) is 6.07 Å². The first-order chi connectivity index (χ1) is 10.8. The van der Waals surface area contributed by atoms with E-state index in [0.717, 1.165) is 36.5 Å². The zero-order valence-corrected chi connectivity index (χ0v) is 13.0. The lowest BCUT2D eigenvalue weighted by Gasteiger charge is -2.29. The highest BCUT2D eigenvalue weighted by Gasteiger charge is 2.21. The van der Waals surface area contributed by atoms with Crippen LogP contribution in [0.5, 0.6) is 11.5 Å². The Labute approximate surface area is 131 Å². The maximum absolute atomic E-state index is 12.5. The first-order valence-electron chi connectivity index (χ1n) is 8.04. The zero-order valence-electron chi connectivity index (χ0n) is 13.0. The molecule has 1 aromatic rings. The molecule has 1 saturated heterocycles. The Morgan fingerprint density at radius 3 is 2.91 bits per heavy atom. The van der Waals surface area contributed by atoms with Crippen LogP contribution in [0.25, 0.3) is 0 Å². The van der Waals surface area contributed by atoms with Gasteiger partial charge in [0.15, 0.2) is 11.5 Å². The number of nitrogens with zero attached hydrogens (tertiary/aromatic N) is 1. The molecule has 2 heterocycles. The molecule has 0 N–H and O–H groups in total. The predicted octanol–water partition coefficient (Wildman–Crippen LogP) is 2.38. The Morgan fingerprint density at radius 2 is 2.14 bits per heavy atom. The first kappa shape index (κ1) is 15.2. The second kappa shape index (κ2) is 7.01. The molecule has 1 amide bonds. The van der Waals surface area contributed by atoms with Crippen LogP contribution in [-0.2, 0) is 16.0 Å². The molecule has 2 aliphatic heterocycles. The number of carbonyl (C=O) groups is 1. The van der Waals surface area contributed by atoms with E-state index >= 15 is 0 Å². The maximum atomic E-state index is 12.5. The van der Waals surface area contributed by atoms with Gasteiger partial charge < -0.3 is 19.1 Å². The Bertz CT molecular complexity index is 525. The molecule has 0 saturated carbocycles. The van der Waals surface area contributed by atoms with Crippen LogP contribution in [0.15, 0.2) is 18.2 Å². The average molecular weight is 305 g/mol. The molecule has 0 aromatic heterocycles. The number of rotatable bonds is 5. The van der Waals surface area contributed by atoms with E-state index in [0.29, 0.717) is 19.5 Å². The first-order valence-corrected chi connectivity index (χ1v) is 8.04. The number of hydrogen-bond donors (Lipinski definition) is 0. The standard InChI is InChI=1S/C17H23NO4/c1-2-18(11-14-5-3-4-8-20-14)17(19)10-13-6-7-15-16(9-13)22-12-21-15/h6-7,9,14H,2-5,8,10-12H2,1H3/t14-/m1/s1. The molecule has 120 valence electrons. The van der Waals surface area contributed by atoms with Gasteiger partial charge in [-0.15, -0.1) is 0 Å². The molecule has 0 unspecified atom stereocenters. The zero-order chi connectivity index (χ0) is 15.4. The SMILES string of the molecule is CCN(C[C@H]1CCCCO1)C(=O)Cc1ccc2c(c1)OCO2. The van der Waals surface area contributed by atoms with Gasteiger partial charge in [-0.2, -0.15) is 0 Å². The second-order valence-corrected chi connectivity index (χ2v) is 5.79. The summed E-state index contributed by atoms with van der Waals surface area (Å²) >= 11 is 0. The molecular formula is C17H23NO4. The van der Waals surface area contributed by atoms with Crippen molar-refractivity contribution in [1.82, 2.24) is 4.90 Å². The van der Waals surface area contributed by atoms with Crippen LogP contribution < -0.4 is 9.47 Å². The third kappa shape index (κ3) is 3.53. The largest absolute Gasteiger partial charge is 0.454 e. The minimum Gasteiger partial charge on any atom is -0.454 e. The molecule has 5 heteroatoms. The van der Waals surface area contributed by atoms with Gasteiger partial charge in [0.2, 0.25) is 12.7 Å². The Kier molecular flexibility index (Phi) is 4.83. The summed E-state index contributed by atoms with van der Waals surface area (Å²) in [6, 6.07) is 5.69. The molecule has 22 heavy (non-hydrogen) atoms. The molecule has 5 nitrogen and oxygen atoms in total. The normalized spacial score (nSPS) is 20.0. The van der Waals surface area contributed by atoms with Crippen LogP contribution in [0, 0.1) is 0 Å². The van der Waals surface area contributed by atoms with Crippen LogP contribution in [-0.4, -0.2) is 43.4 Å². The summed E-state index contributed by atoms with van der Waals surface area (Å²) < 4.78 is 16.4. The van der Waals surface area contributed by atoms with E-state index in [1.54, 1.807) is 0 Å². The molecule has 0 spiro atoms. The number of ether oxygens (including phenoxy) is 3. The van der Waals surface area contributed by atoms with Crippen molar-refractivity contribution >= 4 is 5.91 Å². The predicted molar refractivity (Wildman–Crippen MR) is 82.1 cm³/mol. The highest BCUT2D eigenvalue weighted by Crippen LogP contribution is 2.32. The Morgan fingerprint density at radius 1 is 1.27 bits per heavy atom. The van der Waals surface area contributed by atoms with Gasteiger partial charge in [-0.25, -0.2) is 0 Å². The lowest BCUT2D eigenvalue weighted by atomic mass is 10.1. The van der Waals surface area contributed by atoms with E-state index in [9.17, 15) is 4.79 Å². The summed E-state index contributed by atoms with van der Waals surface area (Å²) in [4.78, 5) is 14.4. The van der Waals surface area contributed by atoms with Crippen LogP contribution in [0.1, 0.15) is 31.7 Å². The van der Waals surface area contributed by atoms with Gasteiger partial charge in [0.1, 0.15) is 0 Å². The number of benzene rings is 1. The monoisotopic (exact) mass is 305 g/mol. The highest BCUT2D eigenvalue weighted by atomic mass is 16.7. The summed E-state index contributed by atoms with van der Waals surface area (Å²) in [6.45, 7) is 4.49. The summed E-state index contributed by atoms with van der Waals surface area (Å²) in [6.07, 6.45) is 3.95. The number of carbonyl (C=O) groups excluding carboxylic acids is 1. The van der Waals surface area contributed by atoms with Crippen LogP contribution >= 0.6 is 0 Å². The van der Waals surface area contributed by atoms with Gasteiger partial charge in [0.25, 0.3) is 0 Å². The van der Waals surface area contributed by atoms with Crippen LogP contribution in [0.3, 0.4) is 0 Å². The quantitative estimate of drug-likeness (QED) is 0.838. The third-order valence-corrected chi connectivity index (χ3v) is 4.22. The molecule has 3 rings (SSSR count). The summed E-state index contributed by atoms with van der Waals surface area (Å²) in [7, 11) is 0. The van der Waals surface area contributed by atoms with Gasteiger partial charge in [0.05, 0.1) is 12.5 Å². The smallest absolute Gasteiger partial charge is 0.231 e. The third-order valence-electron chi connectivity index (χ3n) is 4.22. The highest BCUT2D eigenvalue weighted by molar-refractivity contribution is 5.79. The molecule has 0 aliphatic carbocycles. The lowest BCUT2D eigenvalue weighted by molar-refractivity contribution is -0.132. The number of hydrogen-bond acceptors (Lipinski definition) is 4. The number of fused-ring (bicyclic) bond motifs is 1. The van der Waals surface area contributed by atoms with E-state index in [1.165, 1.54) is 6.42 Å². The number of amides is 1. The van der Waals surface area contributed by atoms with E-state index < -0.39 is 0 Å². The minimum absolute atomic E-state index is 0.135. The minimum atomic E-state index is 0.135. The average Bonchev–Trinajstić information content (AvgIpc) is 3.01.